The van der Waals surface area contributed by atoms with Gasteiger partial charge in [-0.1, -0.05) is 68.2 Å². The summed E-state index contributed by atoms with van der Waals surface area (Å²) in [5.41, 5.74) is 4.12. The Labute approximate surface area is 194 Å². The maximum absolute atomic E-state index is 14.0. The van der Waals surface area contributed by atoms with Crippen LogP contribution in [0.25, 0.3) is 10.9 Å². The quantitative estimate of drug-likeness (QED) is 0.333. The first kappa shape index (κ1) is 23.5. The van der Waals surface area contributed by atoms with Crippen LogP contribution in [0.2, 0.25) is 10.0 Å². The molecular formula is C25H28Cl2N2O2. The van der Waals surface area contributed by atoms with Crippen LogP contribution in [0.5, 0.6) is 0 Å². The Morgan fingerprint density at radius 2 is 1.74 bits per heavy atom. The second-order valence-corrected chi connectivity index (χ2v) is 8.19. The van der Waals surface area contributed by atoms with Crippen molar-refractivity contribution in [1.29, 1.82) is 0 Å². The van der Waals surface area contributed by atoms with Crippen LogP contribution in [-0.4, -0.2) is 30.6 Å². The largest absolute Gasteiger partial charge is 0.380 e. The second-order valence-electron chi connectivity index (χ2n) is 7.35. The molecule has 1 aromatic heterocycles. The number of benzene rings is 2. The van der Waals surface area contributed by atoms with E-state index in [4.69, 9.17) is 27.9 Å². The molecule has 0 bridgehead atoms. The number of carbonyl (C=O) groups excluding carboxylic acids is 1. The van der Waals surface area contributed by atoms with Gasteiger partial charge < -0.3 is 9.64 Å². The fourth-order valence-corrected chi connectivity index (χ4v) is 4.17. The number of hydrogen-bond acceptors (Lipinski definition) is 3. The summed E-state index contributed by atoms with van der Waals surface area (Å²) in [5, 5.41) is 1.67. The summed E-state index contributed by atoms with van der Waals surface area (Å²) in [6, 6.07) is 11.6. The average molecular weight is 459 g/mol. The Bertz CT molecular complexity index is 1050. The van der Waals surface area contributed by atoms with Crippen molar-refractivity contribution >= 4 is 45.7 Å². The first-order valence-electron chi connectivity index (χ1n) is 10.8. The highest BCUT2D eigenvalue weighted by Crippen LogP contribution is 2.32. The molecule has 0 saturated heterocycles. The summed E-state index contributed by atoms with van der Waals surface area (Å²) in [6.45, 7) is 7.81. The van der Waals surface area contributed by atoms with Gasteiger partial charge in [0.15, 0.2) is 0 Å². The summed E-state index contributed by atoms with van der Waals surface area (Å²) in [4.78, 5) is 20.2. The van der Waals surface area contributed by atoms with Gasteiger partial charge in [0.25, 0.3) is 5.91 Å². The minimum Gasteiger partial charge on any atom is -0.380 e. The number of pyridine rings is 1. The van der Waals surface area contributed by atoms with Gasteiger partial charge in [-0.2, -0.15) is 0 Å². The lowest BCUT2D eigenvalue weighted by Crippen LogP contribution is -2.36. The van der Waals surface area contributed by atoms with E-state index >= 15 is 0 Å². The predicted molar refractivity (Wildman–Crippen MR) is 130 cm³/mol. The second kappa shape index (κ2) is 10.9. The van der Waals surface area contributed by atoms with Crippen LogP contribution in [0.15, 0.2) is 42.6 Å². The lowest BCUT2D eigenvalue weighted by Gasteiger charge is -2.28. The zero-order chi connectivity index (χ0) is 22.4. The lowest BCUT2D eigenvalue weighted by molar-refractivity contribution is 0.0961. The van der Waals surface area contributed by atoms with Crippen molar-refractivity contribution in [3.8, 4) is 0 Å². The van der Waals surface area contributed by atoms with Crippen molar-refractivity contribution in [2.75, 3.05) is 24.7 Å². The zero-order valence-corrected chi connectivity index (χ0v) is 19.8. The summed E-state index contributed by atoms with van der Waals surface area (Å²) in [7, 11) is 0. The first-order valence-corrected chi connectivity index (χ1v) is 11.5. The highest BCUT2D eigenvalue weighted by Gasteiger charge is 2.26. The number of amides is 1. The molecule has 0 saturated carbocycles. The maximum atomic E-state index is 14.0. The Morgan fingerprint density at radius 1 is 1.03 bits per heavy atom. The molecule has 0 spiro atoms. The molecule has 4 nitrogen and oxygen atoms in total. The third kappa shape index (κ3) is 5.20. The number of aromatic nitrogens is 1. The number of hydrogen-bond donors (Lipinski definition) is 0. The fraction of sp³-hybridized carbons (Fsp3) is 0.360. The van der Waals surface area contributed by atoms with Gasteiger partial charge in [-0.3, -0.25) is 9.78 Å². The summed E-state index contributed by atoms with van der Waals surface area (Å²) in [5.74, 6) is -0.180. The van der Waals surface area contributed by atoms with Gasteiger partial charge in [0.2, 0.25) is 0 Å². The van der Waals surface area contributed by atoms with E-state index in [1.54, 1.807) is 18.3 Å². The first-order chi connectivity index (χ1) is 15.0. The van der Waals surface area contributed by atoms with Crippen molar-refractivity contribution in [2.45, 2.75) is 40.0 Å². The number of ether oxygens (including phenoxy) is 1. The highest BCUT2D eigenvalue weighted by molar-refractivity contribution is 6.37. The SMILES string of the molecule is CCCOCCN(C(=O)c1c(Cl)ccc2cc(Cl)cnc12)c1c(CC)cccc1CC. The molecule has 0 aliphatic rings. The molecule has 3 rings (SSSR count). The highest BCUT2D eigenvalue weighted by atomic mass is 35.5. The van der Waals surface area contributed by atoms with Gasteiger partial charge in [-0.15, -0.1) is 0 Å². The molecule has 0 radical (unpaired) electrons. The number of aryl methyl sites for hydroxylation is 2. The predicted octanol–water partition coefficient (Wildman–Crippen LogP) is 6.74. The van der Waals surface area contributed by atoms with Gasteiger partial charge in [-0.05, 0) is 42.5 Å². The third-order valence-electron chi connectivity index (χ3n) is 5.27. The van der Waals surface area contributed by atoms with Crippen LogP contribution >= 0.6 is 23.2 Å². The van der Waals surface area contributed by atoms with E-state index in [0.29, 0.717) is 40.9 Å². The van der Waals surface area contributed by atoms with Crippen LogP contribution in [0.1, 0.15) is 48.7 Å². The molecule has 0 aliphatic heterocycles. The topological polar surface area (TPSA) is 42.4 Å². The van der Waals surface area contributed by atoms with E-state index in [-0.39, 0.29) is 5.91 Å². The van der Waals surface area contributed by atoms with Gasteiger partial charge in [0, 0.05) is 24.7 Å². The number of para-hydroxylation sites is 1. The molecule has 0 atom stereocenters. The van der Waals surface area contributed by atoms with E-state index in [1.807, 2.05) is 17.0 Å². The molecule has 31 heavy (non-hydrogen) atoms. The van der Waals surface area contributed by atoms with E-state index in [0.717, 1.165) is 41.5 Å². The monoisotopic (exact) mass is 458 g/mol. The lowest BCUT2D eigenvalue weighted by atomic mass is 10.0. The number of halogens is 2. The van der Waals surface area contributed by atoms with Crippen LogP contribution in [0.4, 0.5) is 5.69 Å². The summed E-state index contributed by atoms with van der Waals surface area (Å²) in [6.07, 6.45) is 4.11. The van der Waals surface area contributed by atoms with Crippen LogP contribution in [0, 0.1) is 0 Å². The Hall–Kier alpha value is -2.14. The van der Waals surface area contributed by atoms with Gasteiger partial charge in [-0.25, -0.2) is 0 Å². The average Bonchev–Trinajstić information content (AvgIpc) is 2.78. The molecule has 6 heteroatoms. The maximum Gasteiger partial charge on any atom is 0.262 e. The van der Waals surface area contributed by atoms with Gasteiger partial charge in [0.05, 0.1) is 33.4 Å². The Balaban J connectivity index is 2.14. The molecule has 3 aromatic rings. The van der Waals surface area contributed by atoms with Crippen LogP contribution in [-0.2, 0) is 17.6 Å². The Kier molecular flexibility index (Phi) is 8.30. The number of fused-ring (bicyclic) bond motifs is 1. The van der Waals surface area contributed by atoms with Crippen molar-refractivity contribution in [2.24, 2.45) is 0 Å². The molecule has 164 valence electrons. The van der Waals surface area contributed by atoms with Crippen molar-refractivity contribution in [1.82, 2.24) is 4.98 Å². The van der Waals surface area contributed by atoms with Crippen LogP contribution < -0.4 is 4.90 Å². The van der Waals surface area contributed by atoms with Gasteiger partial charge >= 0.3 is 0 Å². The smallest absolute Gasteiger partial charge is 0.262 e. The van der Waals surface area contributed by atoms with E-state index in [9.17, 15) is 4.79 Å². The Morgan fingerprint density at radius 3 is 2.39 bits per heavy atom. The molecule has 2 aromatic carbocycles. The fourth-order valence-electron chi connectivity index (χ4n) is 3.77. The minimum atomic E-state index is -0.180. The number of rotatable bonds is 9. The number of nitrogens with zero attached hydrogens (tertiary/aromatic N) is 2. The van der Waals surface area contributed by atoms with Crippen molar-refractivity contribution < 1.29 is 9.53 Å². The standard InChI is InChI=1S/C25H28Cl2N2O2/c1-4-13-31-14-12-29(24-17(5-2)8-7-9-18(24)6-3)25(30)22-21(27)11-10-19-15-20(26)16-28-23(19)22/h7-11,15-16H,4-6,12-14H2,1-3H3. The molecule has 0 fully saturated rings. The molecule has 0 N–H and O–H groups in total. The normalized spacial score (nSPS) is 11.1. The number of anilines is 1. The van der Waals surface area contributed by atoms with Crippen molar-refractivity contribution in [3.05, 3.63) is 69.3 Å². The summed E-state index contributed by atoms with van der Waals surface area (Å²) >= 11 is 12.7. The molecule has 1 heterocycles. The van der Waals surface area contributed by atoms with Crippen molar-refractivity contribution in [3.63, 3.8) is 0 Å². The zero-order valence-electron chi connectivity index (χ0n) is 18.3. The minimum absolute atomic E-state index is 0.180. The number of carbonyl (C=O) groups is 1. The van der Waals surface area contributed by atoms with E-state index in [2.05, 4.69) is 37.9 Å². The van der Waals surface area contributed by atoms with Gasteiger partial charge in [0.1, 0.15) is 0 Å². The molecule has 1 amide bonds. The van der Waals surface area contributed by atoms with E-state index < -0.39 is 0 Å². The molecule has 0 unspecified atom stereocenters. The molecular weight excluding hydrogens is 431 g/mol. The third-order valence-corrected chi connectivity index (χ3v) is 5.79. The van der Waals surface area contributed by atoms with Crippen LogP contribution in [0.3, 0.4) is 0 Å². The van der Waals surface area contributed by atoms with E-state index in [1.165, 1.54) is 0 Å². The molecule has 0 aliphatic carbocycles. The summed E-state index contributed by atoms with van der Waals surface area (Å²) < 4.78 is 5.74.